The molecule has 2 aromatic carbocycles. The summed E-state index contributed by atoms with van der Waals surface area (Å²) >= 11 is 5.97. The monoisotopic (exact) mass is 384 g/mol. The predicted molar refractivity (Wildman–Crippen MR) is 108 cm³/mol. The second-order valence-electron chi connectivity index (χ2n) is 7.36. The van der Waals surface area contributed by atoms with Gasteiger partial charge in [0.05, 0.1) is 6.61 Å². The Kier molecular flexibility index (Phi) is 5.44. The molecule has 2 aliphatic rings. The maximum absolute atomic E-state index is 9.33. The van der Waals surface area contributed by atoms with Crippen molar-refractivity contribution in [3.8, 4) is 11.5 Å². The van der Waals surface area contributed by atoms with E-state index in [4.69, 9.17) is 16.3 Å². The van der Waals surface area contributed by atoms with Crippen LogP contribution >= 0.6 is 11.6 Å². The molecule has 5 heteroatoms. The van der Waals surface area contributed by atoms with Gasteiger partial charge < -0.3 is 20.1 Å². The van der Waals surface area contributed by atoms with E-state index in [-0.39, 0.29) is 5.75 Å². The van der Waals surface area contributed by atoms with Crippen LogP contribution in [0.1, 0.15) is 24.8 Å². The molecule has 0 atom stereocenters. The van der Waals surface area contributed by atoms with Crippen LogP contribution in [-0.2, 0) is 6.54 Å². The van der Waals surface area contributed by atoms with Gasteiger partial charge in [-0.3, -0.25) is 0 Å². The van der Waals surface area contributed by atoms with Crippen molar-refractivity contribution in [3.63, 3.8) is 0 Å². The molecule has 0 bridgehead atoms. The first-order valence-electron chi connectivity index (χ1n) is 9.54. The topological polar surface area (TPSA) is 44.7 Å². The molecule has 2 fully saturated rings. The van der Waals surface area contributed by atoms with E-state index in [1.54, 1.807) is 29.8 Å². The highest BCUT2D eigenvalue weighted by molar-refractivity contribution is 6.30. The van der Waals surface area contributed by atoms with Gasteiger partial charge >= 0.3 is 0 Å². The molecule has 142 valence electrons. The van der Waals surface area contributed by atoms with Crippen molar-refractivity contribution in [2.45, 2.75) is 25.8 Å². The Bertz CT molecular complexity index is 790. The average Bonchev–Trinajstić information content (AvgIpc) is 2.59. The molecule has 2 aromatic rings. The number of hydrogen-bond acceptors (Lipinski definition) is 4. The highest BCUT2D eigenvalue weighted by Gasteiger charge is 2.31. The fourth-order valence-electron chi connectivity index (χ4n) is 3.45. The Hall–Kier alpha value is -2.33. The van der Waals surface area contributed by atoms with E-state index in [0.717, 1.165) is 30.4 Å². The lowest BCUT2D eigenvalue weighted by atomic mass is 9.90. The first-order chi connectivity index (χ1) is 13.2. The summed E-state index contributed by atoms with van der Waals surface area (Å²) in [5.41, 5.74) is 2.78. The lowest BCUT2D eigenvalue weighted by Gasteiger charge is -2.44. The summed E-state index contributed by atoms with van der Waals surface area (Å²) in [4.78, 5) is 2.44. The molecule has 1 heterocycles. The van der Waals surface area contributed by atoms with Gasteiger partial charge in [0, 0.05) is 30.6 Å². The Labute approximate surface area is 165 Å². The van der Waals surface area contributed by atoms with E-state index >= 15 is 0 Å². The van der Waals surface area contributed by atoms with Crippen LogP contribution in [0.15, 0.2) is 59.9 Å². The fourth-order valence-corrected chi connectivity index (χ4v) is 3.58. The Morgan fingerprint density at radius 1 is 1.07 bits per heavy atom. The van der Waals surface area contributed by atoms with Crippen LogP contribution in [0.4, 0.5) is 0 Å². The minimum atomic E-state index is 0.265. The standard InChI is InChI=1S/C22H25ClN2O2/c23-19-6-4-16(5-7-19)12-24-22(18-2-1-3-18)25-13-17(14-25)15-27-21-10-8-20(26)9-11-21/h4-11,17,24,26H,1-3,12-15H2. The highest BCUT2D eigenvalue weighted by atomic mass is 35.5. The van der Waals surface area contributed by atoms with Gasteiger partial charge in [0.15, 0.2) is 0 Å². The predicted octanol–water partition coefficient (Wildman–Crippen LogP) is 4.54. The number of benzene rings is 2. The summed E-state index contributed by atoms with van der Waals surface area (Å²) in [5.74, 6) is 2.93. The van der Waals surface area contributed by atoms with Crippen molar-refractivity contribution in [2.75, 3.05) is 19.7 Å². The molecule has 0 radical (unpaired) electrons. The molecule has 2 N–H and O–H groups in total. The third-order valence-electron chi connectivity index (χ3n) is 5.26. The average molecular weight is 385 g/mol. The number of phenols is 1. The molecule has 4 nitrogen and oxygen atoms in total. The molecule has 1 saturated heterocycles. The Balaban J connectivity index is 1.28. The molecule has 4 rings (SSSR count). The quantitative estimate of drug-likeness (QED) is 0.735. The second kappa shape index (κ2) is 8.13. The summed E-state index contributed by atoms with van der Waals surface area (Å²) in [6.45, 7) is 3.57. The number of halogens is 1. The number of hydrogen-bond donors (Lipinski definition) is 2. The molecule has 27 heavy (non-hydrogen) atoms. The first-order valence-corrected chi connectivity index (χ1v) is 9.92. The van der Waals surface area contributed by atoms with Gasteiger partial charge in [0.1, 0.15) is 17.3 Å². The normalized spacial score (nSPS) is 16.5. The van der Waals surface area contributed by atoms with Gasteiger partial charge in [0.25, 0.3) is 0 Å². The van der Waals surface area contributed by atoms with E-state index in [1.165, 1.54) is 30.6 Å². The Morgan fingerprint density at radius 3 is 2.41 bits per heavy atom. The second-order valence-corrected chi connectivity index (χ2v) is 7.80. The molecule has 0 amide bonds. The summed E-state index contributed by atoms with van der Waals surface area (Å²) in [6, 6.07) is 14.9. The molecule has 0 unspecified atom stereocenters. The van der Waals surface area contributed by atoms with Crippen LogP contribution in [0.3, 0.4) is 0 Å². The van der Waals surface area contributed by atoms with Gasteiger partial charge in [-0.05, 0) is 66.8 Å². The van der Waals surface area contributed by atoms with Crippen LogP contribution in [0.2, 0.25) is 5.02 Å². The van der Waals surface area contributed by atoms with E-state index in [2.05, 4.69) is 22.3 Å². The third kappa shape index (κ3) is 4.51. The van der Waals surface area contributed by atoms with Crippen LogP contribution in [0.25, 0.3) is 0 Å². The third-order valence-corrected chi connectivity index (χ3v) is 5.51. The zero-order valence-corrected chi connectivity index (χ0v) is 16.1. The van der Waals surface area contributed by atoms with E-state index < -0.39 is 0 Å². The maximum Gasteiger partial charge on any atom is 0.119 e. The lowest BCUT2D eigenvalue weighted by molar-refractivity contribution is 0.0823. The van der Waals surface area contributed by atoms with Gasteiger partial charge in [-0.25, -0.2) is 0 Å². The first kappa shape index (κ1) is 18.1. The fraction of sp³-hybridized carbons (Fsp3) is 0.364. The van der Waals surface area contributed by atoms with Gasteiger partial charge in [-0.15, -0.1) is 0 Å². The van der Waals surface area contributed by atoms with Gasteiger partial charge in [-0.2, -0.15) is 0 Å². The van der Waals surface area contributed by atoms with Crippen LogP contribution in [0.5, 0.6) is 11.5 Å². The van der Waals surface area contributed by atoms with Crippen molar-refractivity contribution < 1.29 is 9.84 Å². The van der Waals surface area contributed by atoms with Crippen LogP contribution in [-0.4, -0.2) is 29.7 Å². The van der Waals surface area contributed by atoms with Crippen LogP contribution in [0, 0.1) is 5.92 Å². The zero-order valence-electron chi connectivity index (χ0n) is 15.3. The van der Waals surface area contributed by atoms with E-state index in [9.17, 15) is 5.11 Å². The number of likely N-dealkylation sites (tertiary alicyclic amines) is 1. The largest absolute Gasteiger partial charge is 0.508 e. The minimum absolute atomic E-state index is 0.265. The van der Waals surface area contributed by atoms with Crippen molar-refractivity contribution in [1.82, 2.24) is 10.2 Å². The highest BCUT2D eigenvalue weighted by Crippen LogP contribution is 2.32. The van der Waals surface area contributed by atoms with Gasteiger partial charge in [-0.1, -0.05) is 23.7 Å². The number of nitrogens with zero attached hydrogens (tertiary/aromatic N) is 1. The molecule has 0 aromatic heterocycles. The smallest absolute Gasteiger partial charge is 0.119 e. The van der Waals surface area contributed by atoms with Crippen molar-refractivity contribution >= 4 is 11.6 Å². The van der Waals surface area contributed by atoms with Crippen molar-refractivity contribution in [2.24, 2.45) is 5.92 Å². The van der Waals surface area contributed by atoms with Crippen molar-refractivity contribution in [3.05, 3.63) is 70.5 Å². The molecule has 1 aliphatic carbocycles. The van der Waals surface area contributed by atoms with Crippen LogP contribution < -0.4 is 10.1 Å². The SMILES string of the molecule is Oc1ccc(OCC2CN(C(NCc3ccc(Cl)cc3)=C3CCC3)C2)cc1. The summed E-state index contributed by atoms with van der Waals surface area (Å²) in [6.07, 6.45) is 3.70. The molecular weight excluding hydrogens is 360 g/mol. The summed E-state index contributed by atoms with van der Waals surface area (Å²) in [7, 11) is 0. The molecule has 1 aliphatic heterocycles. The number of rotatable bonds is 7. The lowest BCUT2D eigenvalue weighted by Crippen LogP contribution is -2.51. The van der Waals surface area contributed by atoms with Gasteiger partial charge in [0.2, 0.25) is 0 Å². The number of ether oxygens (including phenoxy) is 1. The zero-order chi connectivity index (χ0) is 18.6. The van der Waals surface area contributed by atoms with E-state index in [0.29, 0.717) is 12.5 Å². The summed E-state index contributed by atoms with van der Waals surface area (Å²) in [5, 5.41) is 13.8. The number of nitrogens with one attached hydrogen (secondary N) is 1. The summed E-state index contributed by atoms with van der Waals surface area (Å²) < 4.78 is 5.85. The number of phenolic OH excluding ortho intramolecular Hbond substituents is 1. The maximum atomic E-state index is 9.33. The molecule has 1 saturated carbocycles. The minimum Gasteiger partial charge on any atom is -0.508 e. The number of aromatic hydroxyl groups is 1. The number of allylic oxidation sites excluding steroid dienone is 1. The molecular formula is C22H25ClN2O2. The molecule has 0 spiro atoms. The van der Waals surface area contributed by atoms with Crippen molar-refractivity contribution in [1.29, 1.82) is 0 Å². The Morgan fingerprint density at radius 2 is 1.78 bits per heavy atom. The van der Waals surface area contributed by atoms with E-state index in [1.807, 2.05) is 12.1 Å².